The van der Waals surface area contributed by atoms with E-state index < -0.39 is 26.5 Å². The zero-order valence-corrected chi connectivity index (χ0v) is 44.1. The number of likely N-dealkylation sites (N-methyl/N-ethyl adjacent to an activating group) is 1. The molecule has 9 nitrogen and oxygen atoms in total. The van der Waals surface area contributed by atoms with E-state index in [2.05, 4.69) is 74.6 Å². The molecule has 0 bridgehead atoms. The smallest absolute Gasteiger partial charge is 0.462 e. The van der Waals surface area contributed by atoms with Crippen molar-refractivity contribution in [2.24, 2.45) is 0 Å². The minimum atomic E-state index is -4.40. The molecule has 0 heterocycles. The lowest BCUT2D eigenvalue weighted by atomic mass is 10.0. The number of phosphoric acid groups is 1. The Morgan fingerprint density at radius 1 is 0.485 bits per heavy atom. The maximum atomic E-state index is 12.7. The molecule has 0 radical (unpaired) electrons. The summed E-state index contributed by atoms with van der Waals surface area (Å²) in [7, 11) is 1.43. The maximum Gasteiger partial charge on any atom is 0.472 e. The summed E-state index contributed by atoms with van der Waals surface area (Å²) in [5, 5.41) is 0. The van der Waals surface area contributed by atoms with Crippen LogP contribution in [0.1, 0.15) is 219 Å². The van der Waals surface area contributed by atoms with Crippen molar-refractivity contribution in [3.05, 3.63) is 72.9 Å². The van der Waals surface area contributed by atoms with Gasteiger partial charge in [0, 0.05) is 12.8 Å². The van der Waals surface area contributed by atoms with Crippen LogP contribution in [-0.4, -0.2) is 74.9 Å². The molecule has 0 aromatic rings. The van der Waals surface area contributed by atoms with E-state index in [1.54, 1.807) is 0 Å². The van der Waals surface area contributed by atoms with Crippen molar-refractivity contribution in [2.75, 3.05) is 47.5 Å². The fourth-order valence-corrected chi connectivity index (χ4v) is 7.90. The summed E-state index contributed by atoms with van der Waals surface area (Å²) in [5.74, 6) is -0.892. The molecule has 0 aromatic carbocycles. The number of carbonyl (C=O) groups is 2. The second kappa shape index (κ2) is 47.5. The Balaban J connectivity index is 4.29. The molecule has 0 saturated carbocycles. The van der Waals surface area contributed by atoms with Crippen LogP contribution in [0.5, 0.6) is 0 Å². The number of hydrogen-bond donors (Lipinski definition) is 1. The average molecular weight is 947 g/mol. The van der Waals surface area contributed by atoms with Gasteiger partial charge in [-0.1, -0.05) is 228 Å². The van der Waals surface area contributed by atoms with Gasteiger partial charge in [-0.3, -0.25) is 18.6 Å². The van der Waals surface area contributed by atoms with Crippen molar-refractivity contribution in [3.63, 3.8) is 0 Å². The normalized spacial score (nSPS) is 14.0. The van der Waals surface area contributed by atoms with Crippen molar-refractivity contribution < 1.29 is 42.1 Å². The first-order chi connectivity index (χ1) is 32.0. The molecule has 0 aliphatic heterocycles. The van der Waals surface area contributed by atoms with E-state index in [1.807, 2.05) is 33.3 Å². The van der Waals surface area contributed by atoms with Crippen LogP contribution in [0.15, 0.2) is 72.9 Å². The number of unbranched alkanes of at least 4 members (excludes halogenated alkanes) is 22. The number of ether oxygens (including phenoxy) is 2. The summed E-state index contributed by atoms with van der Waals surface area (Å²) in [6.07, 6.45) is 61.3. The molecule has 2 unspecified atom stereocenters. The first-order valence-electron chi connectivity index (χ1n) is 26.7. The first-order valence-corrected chi connectivity index (χ1v) is 28.2. The molecule has 10 heteroatoms. The summed E-state index contributed by atoms with van der Waals surface area (Å²) in [4.78, 5) is 35.5. The second-order valence-electron chi connectivity index (χ2n) is 18.9. The van der Waals surface area contributed by atoms with Gasteiger partial charge in [-0.05, 0) is 51.4 Å². The van der Waals surface area contributed by atoms with Crippen LogP contribution < -0.4 is 0 Å². The van der Waals surface area contributed by atoms with E-state index >= 15 is 0 Å². The Labute approximate surface area is 406 Å². The molecule has 66 heavy (non-hydrogen) atoms. The van der Waals surface area contributed by atoms with Crippen LogP contribution in [0, 0.1) is 0 Å². The zero-order valence-electron chi connectivity index (χ0n) is 43.2. The van der Waals surface area contributed by atoms with Gasteiger partial charge in [-0.2, -0.15) is 0 Å². The van der Waals surface area contributed by atoms with E-state index in [1.165, 1.54) is 128 Å². The van der Waals surface area contributed by atoms with E-state index in [-0.39, 0.29) is 32.0 Å². The molecule has 0 amide bonds. The third-order valence-corrected chi connectivity index (χ3v) is 12.2. The highest BCUT2D eigenvalue weighted by Gasteiger charge is 2.27. The van der Waals surface area contributed by atoms with Gasteiger partial charge in [0.25, 0.3) is 0 Å². The lowest BCUT2D eigenvalue weighted by Crippen LogP contribution is -2.37. The van der Waals surface area contributed by atoms with E-state index in [0.717, 1.165) is 57.8 Å². The monoisotopic (exact) mass is 947 g/mol. The number of allylic oxidation sites excluding steroid dienone is 12. The van der Waals surface area contributed by atoms with Crippen molar-refractivity contribution in [2.45, 2.75) is 225 Å². The Morgan fingerprint density at radius 2 is 0.864 bits per heavy atom. The molecule has 0 spiro atoms. The molecule has 0 rings (SSSR count). The van der Waals surface area contributed by atoms with Gasteiger partial charge >= 0.3 is 19.8 Å². The number of carbonyl (C=O) groups excluding carboxylic acids is 2. The summed E-state index contributed by atoms with van der Waals surface area (Å²) in [5.41, 5.74) is 0. The van der Waals surface area contributed by atoms with E-state index in [4.69, 9.17) is 18.5 Å². The SMILES string of the molecule is CC/C=C\C/C=C\C/C=C\C/C=C\C/C=C\C/C=C\CCC(=O)OC(COC(=O)CCCCCCCCCCCCCCCCCCCCCCCCC)COP(=O)(O)OCC[N+](C)(C)C. The molecule has 0 aliphatic carbocycles. The Kier molecular flexibility index (Phi) is 45.7. The number of nitrogens with zero attached hydrogens (tertiary/aromatic N) is 1. The fraction of sp³-hybridized carbons (Fsp3) is 0.750. The van der Waals surface area contributed by atoms with Gasteiger partial charge in [0.05, 0.1) is 27.7 Å². The second-order valence-corrected chi connectivity index (χ2v) is 20.3. The molecule has 1 N–H and O–H groups in total. The van der Waals surface area contributed by atoms with Crippen LogP contribution in [0.3, 0.4) is 0 Å². The van der Waals surface area contributed by atoms with E-state index in [9.17, 15) is 19.0 Å². The minimum absolute atomic E-state index is 0.0161. The number of phosphoric ester groups is 1. The third-order valence-electron chi connectivity index (χ3n) is 11.3. The van der Waals surface area contributed by atoms with Crippen LogP contribution in [0.25, 0.3) is 0 Å². The minimum Gasteiger partial charge on any atom is -0.462 e. The van der Waals surface area contributed by atoms with Crippen molar-refractivity contribution in [1.82, 2.24) is 0 Å². The summed E-state index contributed by atoms with van der Waals surface area (Å²) in [6, 6.07) is 0. The number of quaternary nitrogens is 1. The molecular formula is C56H101NO8P+. The maximum absolute atomic E-state index is 12.7. The molecule has 0 aliphatic rings. The van der Waals surface area contributed by atoms with E-state index in [0.29, 0.717) is 17.4 Å². The predicted octanol–water partition coefficient (Wildman–Crippen LogP) is 16.1. The summed E-state index contributed by atoms with van der Waals surface area (Å²) < 4.78 is 34.4. The Bertz CT molecular complexity index is 1350. The average Bonchev–Trinajstić information content (AvgIpc) is 3.27. The van der Waals surface area contributed by atoms with Gasteiger partial charge in [0.2, 0.25) is 0 Å². The van der Waals surface area contributed by atoms with Crippen molar-refractivity contribution in [3.8, 4) is 0 Å². The zero-order chi connectivity index (χ0) is 48.5. The van der Waals surface area contributed by atoms with Crippen LogP contribution in [0.2, 0.25) is 0 Å². The quantitative estimate of drug-likeness (QED) is 0.0211. The molecular weight excluding hydrogens is 846 g/mol. The highest BCUT2D eigenvalue weighted by molar-refractivity contribution is 7.47. The van der Waals surface area contributed by atoms with Gasteiger partial charge in [0.15, 0.2) is 6.10 Å². The predicted molar refractivity (Wildman–Crippen MR) is 279 cm³/mol. The van der Waals surface area contributed by atoms with Crippen molar-refractivity contribution >= 4 is 19.8 Å². The Hall–Kier alpha value is -2.55. The topological polar surface area (TPSA) is 108 Å². The largest absolute Gasteiger partial charge is 0.472 e. The third kappa shape index (κ3) is 50.9. The van der Waals surface area contributed by atoms with Gasteiger partial charge in [-0.15, -0.1) is 0 Å². The van der Waals surface area contributed by atoms with Crippen LogP contribution in [-0.2, 0) is 32.7 Å². The lowest BCUT2D eigenvalue weighted by Gasteiger charge is -2.24. The lowest BCUT2D eigenvalue weighted by molar-refractivity contribution is -0.870. The molecule has 0 aromatic heterocycles. The number of rotatable bonds is 48. The van der Waals surface area contributed by atoms with Crippen LogP contribution in [0.4, 0.5) is 0 Å². The molecule has 382 valence electrons. The Morgan fingerprint density at radius 3 is 1.26 bits per heavy atom. The summed E-state index contributed by atoms with van der Waals surface area (Å²) >= 11 is 0. The number of hydrogen-bond acceptors (Lipinski definition) is 7. The van der Waals surface area contributed by atoms with Crippen molar-refractivity contribution in [1.29, 1.82) is 0 Å². The molecule has 0 fully saturated rings. The fourth-order valence-electron chi connectivity index (χ4n) is 7.16. The van der Waals surface area contributed by atoms with Gasteiger partial charge in [0.1, 0.15) is 19.8 Å². The van der Waals surface area contributed by atoms with Gasteiger partial charge < -0.3 is 18.9 Å². The van der Waals surface area contributed by atoms with Gasteiger partial charge in [-0.25, -0.2) is 4.57 Å². The number of esters is 2. The standard InChI is InChI=1S/C56H100NO8P/c1-6-8-10-12-14-16-18-20-22-24-26-27-28-29-31-32-34-36-38-40-42-44-46-48-55(58)62-52-54(53-64-66(60,61)63-51-50-57(3,4)5)65-56(59)49-47-45-43-41-39-37-35-33-30-25-23-21-19-17-15-13-11-9-7-2/h9,11,15,17,21,23,30,33,37,39,43,45,54H,6-8,10,12-14,16,18-20,22,24-29,31-32,34-36,38,40-42,44,46-53H2,1-5H3/p+1/b11-9-,17-15-,23-21-,33-30-,39-37-,45-43-. The molecule has 0 saturated heterocycles. The highest BCUT2D eigenvalue weighted by atomic mass is 31.2. The van der Waals surface area contributed by atoms with Crippen LogP contribution >= 0.6 is 7.82 Å². The highest BCUT2D eigenvalue weighted by Crippen LogP contribution is 2.43. The first kappa shape index (κ1) is 63.5. The molecule has 2 atom stereocenters. The summed E-state index contributed by atoms with van der Waals surface area (Å²) in [6.45, 7) is 4.25.